The van der Waals surface area contributed by atoms with E-state index in [1.807, 2.05) is 0 Å². The van der Waals surface area contributed by atoms with Crippen LogP contribution in [0.25, 0.3) is 0 Å². The highest BCUT2D eigenvalue weighted by atomic mass is 32.2. The van der Waals surface area contributed by atoms with Crippen molar-refractivity contribution in [3.05, 3.63) is 29.8 Å². The Balaban J connectivity index is 1.94. The average molecular weight is 341 g/mol. The molecule has 1 aliphatic heterocycles. The minimum absolute atomic E-state index is 0.0485. The molecule has 1 aromatic carbocycles. The van der Waals surface area contributed by atoms with Crippen molar-refractivity contribution in [2.45, 2.75) is 19.4 Å². The lowest BCUT2D eigenvalue weighted by atomic mass is 10.2. The molecule has 1 atom stereocenters. The van der Waals surface area contributed by atoms with Crippen LogP contribution in [0.5, 0.6) is 5.75 Å². The topological polar surface area (TPSA) is 101 Å². The number of phenolic OH excluding ortho intramolecular Hbond substituents is 1. The molecule has 2 rings (SSSR count). The number of hydrogen-bond acceptors (Lipinski definition) is 6. The molecule has 8 heteroatoms. The molecule has 0 radical (unpaired) electrons. The molecule has 1 unspecified atom stereocenters. The smallest absolute Gasteiger partial charge is 0.338 e. The van der Waals surface area contributed by atoms with Crippen molar-refractivity contribution in [3.8, 4) is 5.75 Å². The molecule has 0 aromatic heterocycles. The highest BCUT2D eigenvalue weighted by Gasteiger charge is 2.34. The quantitative estimate of drug-likeness (QED) is 0.787. The molecule has 126 valence electrons. The van der Waals surface area contributed by atoms with Crippen LogP contribution in [0.3, 0.4) is 0 Å². The minimum atomic E-state index is -3.09. The first-order valence-electron chi connectivity index (χ1n) is 7.28. The fourth-order valence-corrected chi connectivity index (χ4v) is 4.32. The summed E-state index contributed by atoms with van der Waals surface area (Å²) in [6.45, 7) is 1.64. The number of sulfone groups is 1. The number of nitrogens with zero attached hydrogens (tertiary/aromatic N) is 1. The van der Waals surface area contributed by atoms with Gasteiger partial charge in [-0.05, 0) is 31.5 Å². The standard InChI is InChI=1S/C15H19NO6S/c1-2-16(12-6-7-23(20,21)10-12)14(18)9-22-15(19)11-4-3-5-13(17)8-11/h3-5,8,12,17H,2,6-7,9-10H2,1H3. The number of likely N-dealkylation sites (N-methyl/N-ethyl adjacent to an activating group) is 1. The van der Waals surface area contributed by atoms with Crippen molar-refractivity contribution in [2.75, 3.05) is 24.7 Å². The van der Waals surface area contributed by atoms with Gasteiger partial charge < -0.3 is 14.7 Å². The van der Waals surface area contributed by atoms with Crippen molar-refractivity contribution in [2.24, 2.45) is 0 Å². The largest absolute Gasteiger partial charge is 0.508 e. The molecule has 23 heavy (non-hydrogen) atoms. The van der Waals surface area contributed by atoms with Crippen molar-refractivity contribution in [1.82, 2.24) is 4.90 Å². The van der Waals surface area contributed by atoms with E-state index in [1.54, 1.807) is 6.92 Å². The monoisotopic (exact) mass is 341 g/mol. The van der Waals surface area contributed by atoms with Gasteiger partial charge in [-0.2, -0.15) is 0 Å². The number of phenols is 1. The molecule has 0 saturated carbocycles. The number of amides is 1. The van der Waals surface area contributed by atoms with Crippen LogP contribution in [0.1, 0.15) is 23.7 Å². The number of carbonyl (C=O) groups is 2. The molecule has 1 aromatic rings. The Hall–Kier alpha value is -2.09. The predicted molar refractivity (Wildman–Crippen MR) is 82.8 cm³/mol. The normalized spacial score (nSPS) is 19.3. The Morgan fingerprint density at radius 3 is 2.70 bits per heavy atom. The summed E-state index contributed by atoms with van der Waals surface area (Å²) < 4.78 is 28.0. The second-order valence-corrected chi connectivity index (χ2v) is 7.59. The van der Waals surface area contributed by atoms with Crippen LogP contribution in [0, 0.1) is 0 Å². The predicted octanol–water partition coefficient (Wildman–Crippen LogP) is 0.585. The van der Waals surface area contributed by atoms with E-state index in [0.29, 0.717) is 13.0 Å². The van der Waals surface area contributed by atoms with Gasteiger partial charge in [0.2, 0.25) is 0 Å². The van der Waals surface area contributed by atoms with Crippen molar-refractivity contribution >= 4 is 21.7 Å². The molecule has 1 aliphatic rings. The van der Waals surface area contributed by atoms with E-state index < -0.39 is 28.3 Å². The third kappa shape index (κ3) is 4.44. The fourth-order valence-electron chi connectivity index (χ4n) is 2.59. The second kappa shape index (κ2) is 6.99. The molecule has 0 spiro atoms. The summed E-state index contributed by atoms with van der Waals surface area (Å²) in [5, 5.41) is 9.32. The lowest BCUT2D eigenvalue weighted by Gasteiger charge is -2.26. The second-order valence-electron chi connectivity index (χ2n) is 5.36. The Morgan fingerprint density at radius 2 is 2.13 bits per heavy atom. The maximum Gasteiger partial charge on any atom is 0.338 e. The van der Waals surface area contributed by atoms with Crippen LogP contribution in [-0.4, -0.2) is 61.0 Å². The fraction of sp³-hybridized carbons (Fsp3) is 0.467. The summed E-state index contributed by atoms with van der Waals surface area (Å²) in [7, 11) is -3.09. The number of ether oxygens (including phenoxy) is 1. The van der Waals surface area contributed by atoms with Crippen LogP contribution in [0.2, 0.25) is 0 Å². The van der Waals surface area contributed by atoms with Crippen molar-refractivity contribution < 1.29 is 27.9 Å². The van der Waals surface area contributed by atoms with E-state index >= 15 is 0 Å². The van der Waals surface area contributed by atoms with Gasteiger partial charge in [0.15, 0.2) is 16.4 Å². The van der Waals surface area contributed by atoms with E-state index in [2.05, 4.69) is 0 Å². The van der Waals surface area contributed by atoms with Gasteiger partial charge in [0.1, 0.15) is 5.75 Å². The van der Waals surface area contributed by atoms with Crippen LogP contribution in [0.4, 0.5) is 0 Å². The van der Waals surface area contributed by atoms with Gasteiger partial charge in [-0.3, -0.25) is 4.79 Å². The SMILES string of the molecule is CCN(C(=O)COC(=O)c1cccc(O)c1)C1CCS(=O)(=O)C1. The summed E-state index contributed by atoms with van der Waals surface area (Å²) in [5.41, 5.74) is 0.143. The van der Waals surface area contributed by atoms with Crippen LogP contribution < -0.4 is 0 Å². The minimum Gasteiger partial charge on any atom is -0.508 e. The van der Waals surface area contributed by atoms with Crippen molar-refractivity contribution in [3.63, 3.8) is 0 Å². The van der Waals surface area contributed by atoms with Gasteiger partial charge in [-0.15, -0.1) is 0 Å². The van der Waals surface area contributed by atoms with E-state index in [-0.39, 0.29) is 28.9 Å². The van der Waals surface area contributed by atoms with E-state index in [9.17, 15) is 23.1 Å². The van der Waals surface area contributed by atoms with Gasteiger partial charge in [0, 0.05) is 12.6 Å². The summed E-state index contributed by atoms with van der Waals surface area (Å²) in [5.74, 6) is -1.19. The third-order valence-electron chi connectivity index (χ3n) is 3.72. The lowest BCUT2D eigenvalue weighted by Crippen LogP contribution is -2.43. The van der Waals surface area contributed by atoms with Gasteiger partial charge >= 0.3 is 5.97 Å². The maximum absolute atomic E-state index is 12.2. The van der Waals surface area contributed by atoms with E-state index in [1.165, 1.54) is 29.2 Å². The van der Waals surface area contributed by atoms with Gasteiger partial charge in [-0.25, -0.2) is 13.2 Å². The molecule has 0 bridgehead atoms. The molecule has 1 fully saturated rings. The zero-order valence-corrected chi connectivity index (χ0v) is 13.6. The van der Waals surface area contributed by atoms with Gasteiger partial charge in [-0.1, -0.05) is 6.07 Å². The Kier molecular flexibility index (Phi) is 5.25. The van der Waals surface area contributed by atoms with Crippen molar-refractivity contribution in [1.29, 1.82) is 0 Å². The first-order valence-corrected chi connectivity index (χ1v) is 9.10. The summed E-state index contributed by atoms with van der Waals surface area (Å²) in [6, 6.07) is 5.26. The lowest BCUT2D eigenvalue weighted by molar-refractivity contribution is -0.136. The highest BCUT2D eigenvalue weighted by Crippen LogP contribution is 2.18. The molecule has 1 amide bonds. The number of hydrogen-bond donors (Lipinski definition) is 1. The number of aromatic hydroxyl groups is 1. The summed E-state index contributed by atoms with van der Waals surface area (Å²) in [4.78, 5) is 25.4. The van der Waals surface area contributed by atoms with Gasteiger partial charge in [0.05, 0.1) is 17.1 Å². The number of carbonyl (C=O) groups excluding carboxylic acids is 2. The highest BCUT2D eigenvalue weighted by molar-refractivity contribution is 7.91. The van der Waals surface area contributed by atoms with Gasteiger partial charge in [0.25, 0.3) is 5.91 Å². The summed E-state index contributed by atoms with van der Waals surface area (Å²) in [6.07, 6.45) is 0.405. The molecule has 1 saturated heterocycles. The molecule has 1 heterocycles. The maximum atomic E-state index is 12.2. The number of benzene rings is 1. The Bertz CT molecular complexity index is 700. The van der Waals surface area contributed by atoms with Crippen LogP contribution >= 0.6 is 0 Å². The molecular formula is C15H19NO6S. The van der Waals surface area contributed by atoms with Crippen LogP contribution in [-0.2, 0) is 19.4 Å². The average Bonchev–Trinajstić information content (AvgIpc) is 2.85. The molecule has 0 aliphatic carbocycles. The Morgan fingerprint density at radius 1 is 1.39 bits per heavy atom. The first-order chi connectivity index (χ1) is 10.8. The zero-order valence-electron chi connectivity index (χ0n) is 12.8. The zero-order chi connectivity index (χ0) is 17.0. The van der Waals surface area contributed by atoms with E-state index in [4.69, 9.17) is 4.74 Å². The van der Waals surface area contributed by atoms with Crippen LogP contribution in [0.15, 0.2) is 24.3 Å². The number of rotatable bonds is 5. The number of esters is 1. The Labute approximate surface area is 134 Å². The first kappa shape index (κ1) is 17.3. The molecule has 1 N–H and O–H groups in total. The summed E-state index contributed by atoms with van der Waals surface area (Å²) >= 11 is 0. The molecular weight excluding hydrogens is 322 g/mol. The van der Waals surface area contributed by atoms with E-state index in [0.717, 1.165) is 0 Å². The third-order valence-corrected chi connectivity index (χ3v) is 5.47. The molecule has 7 nitrogen and oxygen atoms in total.